The summed E-state index contributed by atoms with van der Waals surface area (Å²) in [4.78, 5) is 11.8. The zero-order valence-electron chi connectivity index (χ0n) is 21.4. The molecule has 0 aliphatic rings. The standard InChI is InChI=1S/C30H36O5Si/c1-4-5-6-7-22-33-27-17-11-25(12-18-27)26-13-19-29(20-14-26)35-28-15-8-24(9-16-28)10-21-30(31)34-23-36(3)32-2/h8-21,36H,4-7,22-23H2,1-3H3/b21-10+. The Morgan fingerprint density at radius 2 is 1.39 bits per heavy atom. The van der Waals surface area contributed by atoms with Gasteiger partial charge in [0.05, 0.1) is 6.61 Å². The topological polar surface area (TPSA) is 54.0 Å². The molecule has 0 radical (unpaired) electrons. The number of hydrogen-bond acceptors (Lipinski definition) is 5. The highest BCUT2D eigenvalue weighted by Crippen LogP contribution is 2.27. The van der Waals surface area contributed by atoms with Crippen LogP contribution in [0.25, 0.3) is 17.2 Å². The molecule has 3 aromatic carbocycles. The van der Waals surface area contributed by atoms with Crippen molar-refractivity contribution in [3.63, 3.8) is 0 Å². The molecule has 0 N–H and O–H groups in total. The third-order valence-electron chi connectivity index (χ3n) is 5.70. The average Bonchev–Trinajstić information content (AvgIpc) is 2.92. The van der Waals surface area contributed by atoms with Crippen molar-refractivity contribution >= 4 is 21.1 Å². The fraction of sp³-hybridized carbons (Fsp3) is 0.300. The molecule has 6 heteroatoms. The van der Waals surface area contributed by atoms with Crippen molar-refractivity contribution in [2.45, 2.75) is 39.2 Å². The van der Waals surface area contributed by atoms with Crippen LogP contribution in [-0.2, 0) is 14.0 Å². The van der Waals surface area contributed by atoms with Crippen LogP contribution >= 0.6 is 0 Å². The van der Waals surface area contributed by atoms with E-state index in [-0.39, 0.29) is 5.97 Å². The van der Waals surface area contributed by atoms with Gasteiger partial charge in [0.15, 0.2) is 0 Å². The highest BCUT2D eigenvalue weighted by molar-refractivity contribution is 6.50. The number of carbonyl (C=O) groups excluding carboxylic acids is 1. The predicted molar refractivity (Wildman–Crippen MR) is 148 cm³/mol. The smallest absolute Gasteiger partial charge is 0.330 e. The first-order valence-electron chi connectivity index (χ1n) is 12.6. The molecule has 0 spiro atoms. The molecule has 5 nitrogen and oxygen atoms in total. The fourth-order valence-corrected chi connectivity index (χ4v) is 3.98. The summed E-state index contributed by atoms with van der Waals surface area (Å²) in [5.74, 6) is 2.03. The van der Waals surface area contributed by atoms with E-state index < -0.39 is 9.04 Å². The lowest BCUT2D eigenvalue weighted by molar-refractivity contribution is -0.136. The molecule has 1 unspecified atom stereocenters. The van der Waals surface area contributed by atoms with E-state index in [1.807, 2.05) is 67.2 Å². The number of unbranched alkanes of at least 4 members (excludes halogenated alkanes) is 3. The molecule has 0 saturated carbocycles. The second kappa shape index (κ2) is 14.9. The van der Waals surface area contributed by atoms with E-state index >= 15 is 0 Å². The van der Waals surface area contributed by atoms with Crippen molar-refractivity contribution < 1.29 is 23.4 Å². The highest BCUT2D eigenvalue weighted by atomic mass is 28.3. The van der Waals surface area contributed by atoms with Crippen LogP contribution in [0.4, 0.5) is 0 Å². The van der Waals surface area contributed by atoms with Crippen molar-refractivity contribution in [2.24, 2.45) is 0 Å². The molecule has 0 aromatic heterocycles. The summed E-state index contributed by atoms with van der Waals surface area (Å²) >= 11 is 0. The zero-order chi connectivity index (χ0) is 25.6. The van der Waals surface area contributed by atoms with Crippen LogP contribution in [0.2, 0.25) is 6.55 Å². The van der Waals surface area contributed by atoms with Crippen LogP contribution in [0, 0.1) is 0 Å². The Morgan fingerprint density at radius 3 is 1.97 bits per heavy atom. The number of esters is 1. The van der Waals surface area contributed by atoms with Gasteiger partial charge in [-0.2, -0.15) is 0 Å². The van der Waals surface area contributed by atoms with E-state index in [4.69, 9.17) is 18.6 Å². The van der Waals surface area contributed by atoms with Gasteiger partial charge in [0.1, 0.15) is 23.5 Å². The minimum atomic E-state index is -1.41. The molecule has 0 fully saturated rings. The third kappa shape index (κ3) is 9.36. The van der Waals surface area contributed by atoms with Crippen LogP contribution in [0.3, 0.4) is 0 Å². The van der Waals surface area contributed by atoms with Gasteiger partial charge in [-0.15, -0.1) is 0 Å². The van der Waals surface area contributed by atoms with Crippen LogP contribution < -0.4 is 9.47 Å². The molecule has 0 amide bonds. The highest BCUT2D eigenvalue weighted by Gasteiger charge is 2.06. The largest absolute Gasteiger partial charge is 0.494 e. The summed E-state index contributed by atoms with van der Waals surface area (Å²) in [6, 6.07) is 23.8. The summed E-state index contributed by atoms with van der Waals surface area (Å²) in [7, 11) is 0.236. The summed E-state index contributed by atoms with van der Waals surface area (Å²) < 4.78 is 22.2. The van der Waals surface area contributed by atoms with Crippen LogP contribution in [0.1, 0.15) is 38.2 Å². The molecule has 0 saturated heterocycles. The lowest BCUT2D eigenvalue weighted by Gasteiger charge is -2.09. The zero-order valence-corrected chi connectivity index (χ0v) is 22.6. The van der Waals surface area contributed by atoms with Gasteiger partial charge in [-0.05, 0) is 72.1 Å². The van der Waals surface area contributed by atoms with Gasteiger partial charge >= 0.3 is 5.97 Å². The molecule has 190 valence electrons. The SMILES string of the molecule is CCCCCCOc1ccc(-c2ccc(Oc3ccc(/C=C/C(=O)OC[SiH](C)OC)cc3)cc2)cc1. The molecule has 0 bridgehead atoms. The number of hydrogen-bond donors (Lipinski definition) is 0. The van der Waals surface area contributed by atoms with Crippen LogP contribution in [0.5, 0.6) is 17.2 Å². The lowest BCUT2D eigenvalue weighted by atomic mass is 10.1. The van der Waals surface area contributed by atoms with Gasteiger partial charge in [0.2, 0.25) is 9.04 Å². The van der Waals surface area contributed by atoms with Crippen molar-refractivity contribution in [3.05, 3.63) is 84.4 Å². The molecule has 0 aliphatic heterocycles. The Labute approximate surface area is 216 Å². The van der Waals surface area contributed by atoms with Gasteiger partial charge in [-0.3, -0.25) is 0 Å². The Bertz CT molecular complexity index is 1080. The molecular weight excluding hydrogens is 468 g/mol. The minimum Gasteiger partial charge on any atom is -0.494 e. The number of rotatable bonds is 14. The fourth-order valence-electron chi connectivity index (χ4n) is 3.44. The number of benzene rings is 3. The minimum absolute atomic E-state index is 0.364. The Kier molecular flexibility index (Phi) is 11.3. The third-order valence-corrected chi connectivity index (χ3v) is 7.14. The quantitative estimate of drug-likeness (QED) is 0.101. The Balaban J connectivity index is 1.48. The molecule has 1 atom stereocenters. The molecule has 3 rings (SSSR count). The monoisotopic (exact) mass is 504 g/mol. The molecule has 36 heavy (non-hydrogen) atoms. The van der Waals surface area contributed by atoms with E-state index in [1.54, 1.807) is 13.2 Å². The maximum Gasteiger partial charge on any atom is 0.330 e. The van der Waals surface area contributed by atoms with Crippen molar-refractivity contribution in [2.75, 3.05) is 19.9 Å². The average molecular weight is 505 g/mol. The van der Waals surface area contributed by atoms with Gasteiger partial charge < -0.3 is 18.6 Å². The van der Waals surface area contributed by atoms with E-state index in [0.717, 1.165) is 47.0 Å². The summed E-state index contributed by atoms with van der Waals surface area (Å²) in [6.07, 6.45) is 8.33. The molecule has 0 aliphatic carbocycles. The summed E-state index contributed by atoms with van der Waals surface area (Å²) in [5.41, 5.74) is 3.14. The first-order chi connectivity index (χ1) is 17.6. The Morgan fingerprint density at radius 1 is 0.806 bits per heavy atom. The summed E-state index contributed by atoms with van der Waals surface area (Å²) in [6.45, 7) is 4.96. The predicted octanol–water partition coefficient (Wildman–Crippen LogP) is 7.20. The van der Waals surface area contributed by atoms with Crippen molar-refractivity contribution in [3.8, 4) is 28.4 Å². The second-order valence-corrected chi connectivity index (χ2v) is 11.1. The van der Waals surface area contributed by atoms with E-state index in [1.165, 1.54) is 25.3 Å². The maximum atomic E-state index is 11.8. The number of carbonyl (C=O) groups is 1. The summed E-state index contributed by atoms with van der Waals surface area (Å²) in [5, 5.41) is 0. The first kappa shape index (κ1) is 27.2. The van der Waals surface area contributed by atoms with Crippen molar-refractivity contribution in [1.82, 2.24) is 0 Å². The van der Waals surface area contributed by atoms with Gasteiger partial charge in [-0.25, -0.2) is 4.79 Å². The molecule has 0 heterocycles. The molecular formula is C30H36O5Si. The van der Waals surface area contributed by atoms with Crippen LogP contribution in [-0.4, -0.2) is 35.0 Å². The van der Waals surface area contributed by atoms with E-state index in [9.17, 15) is 4.79 Å². The van der Waals surface area contributed by atoms with Gasteiger partial charge in [-0.1, -0.05) is 62.6 Å². The van der Waals surface area contributed by atoms with E-state index in [0.29, 0.717) is 6.23 Å². The van der Waals surface area contributed by atoms with Gasteiger partial charge in [0.25, 0.3) is 0 Å². The van der Waals surface area contributed by atoms with Crippen molar-refractivity contribution in [1.29, 1.82) is 0 Å². The Hall–Kier alpha value is -3.35. The normalized spacial score (nSPS) is 11.9. The molecule has 3 aromatic rings. The maximum absolute atomic E-state index is 11.8. The second-order valence-electron chi connectivity index (χ2n) is 8.64. The number of ether oxygens (including phenoxy) is 3. The lowest BCUT2D eigenvalue weighted by Crippen LogP contribution is -2.21. The van der Waals surface area contributed by atoms with Crippen LogP contribution in [0.15, 0.2) is 78.9 Å². The van der Waals surface area contributed by atoms with E-state index in [2.05, 4.69) is 19.1 Å². The van der Waals surface area contributed by atoms with Gasteiger partial charge in [0, 0.05) is 13.2 Å². The first-order valence-corrected chi connectivity index (χ1v) is 15.0.